The number of aromatic nitrogens is 1. The Morgan fingerprint density at radius 3 is 2.62 bits per heavy atom. The molecule has 2 aromatic carbocycles. The first-order valence-corrected chi connectivity index (χ1v) is 8.60. The number of nitrogens with one attached hydrogen (secondary N) is 1. The van der Waals surface area contributed by atoms with Crippen LogP contribution in [0.1, 0.15) is 34.8 Å². The second kappa shape index (κ2) is 6.22. The summed E-state index contributed by atoms with van der Waals surface area (Å²) in [6.07, 6.45) is 3.87. The van der Waals surface area contributed by atoms with E-state index in [1.54, 1.807) is 41.1 Å². The van der Waals surface area contributed by atoms with Crippen LogP contribution in [0.4, 0.5) is 11.4 Å². The van der Waals surface area contributed by atoms with Gasteiger partial charge < -0.3 is 21.4 Å². The zero-order valence-corrected chi connectivity index (χ0v) is 14.2. The van der Waals surface area contributed by atoms with Gasteiger partial charge in [-0.05, 0) is 48.7 Å². The molecule has 1 fully saturated rings. The van der Waals surface area contributed by atoms with E-state index in [0.717, 1.165) is 18.4 Å². The predicted molar refractivity (Wildman–Crippen MR) is 103 cm³/mol. The molecule has 0 atom stereocenters. The number of anilines is 2. The SMILES string of the molecule is Nc1ccc(CNC(=O)c2cccc3c(=O)n(C4CC4)ccc23)cc1N. The Labute approximate surface area is 150 Å². The molecule has 26 heavy (non-hydrogen) atoms. The fourth-order valence-corrected chi connectivity index (χ4v) is 3.14. The lowest BCUT2D eigenvalue weighted by Crippen LogP contribution is -2.24. The minimum absolute atomic E-state index is 0.0361. The molecular formula is C20H20N4O2. The smallest absolute Gasteiger partial charge is 0.258 e. The summed E-state index contributed by atoms with van der Waals surface area (Å²) in [6.45, 7) is 0.332. The molecule has 132 valence electrons. The zero-order valence-electron chi connectivity index (χ0n) is 14.2. The molecule has 6 nitrogen and oxygen atoms in total. The fraction of sp³-hybridized carbons (Fsp3) is 0.200. The molecule has 0 aliphatic heterocycles. The summed E-state index contributed by atoms with van der Waals surface area (Å²) in [4.78, 5) is 25.3. The Morgan fingerprint density at radius 2 is 1.88 bits per heavy atom. The first-order valence-electron chi connectivity index (χ1n) is 8.60. The van der Waals surface area contributed by atoms with Gasteiger partial charge in [-0.1, -0.05) is 12.1 Å². The van der Waals surface area contributed by atoms with Crippen LogP contribution in [0.2, 0.25) is 0 Å². The van der Waals surface area contributed by atoms with Crippen LogP contribution in [0, 0.1) is 0 Å². The van der Waals surface area contributed by atoms with Gasteiger partial charge in [0.2, 0.25) is 0 Å². The Bertz CT molecular complexity index is 1070. The maximum absolute atomic E-state index is 12.7. The van der Waals surface area contributed by atoms with Crippen LogP contribution >= 0.6 is 0 Å². The summed E-state index contributed by atoms with van der Waals surface area (Å²) in [7, 11) is 0. The quantitative estimate of drug-likeness (QED) is 0.630. The highest BCUT2D eigenvalue weighted by molar-refractivity contribution is 6.06. The molecule has 1 aliphatic rings. The van der Waals surface area contributed by atoms with E-state index in [4.69, 9.17) is 11.5 Å². The maximum atomic E-state index is 12.7. The second-order valence-electron chi connectivity index (χ2n) is 6.67. The van der Waals surface area contributed by atoms with Crippen molar-refractivity contribution in [2.45, 2.75) is 25.4 Å². The van der Waals surface area contributed by atoms with Crippen molar-refractivity contribution in [3.05, 3.63) is 70.1 Å². The number of fused-ring (bicyclic) bond motifs is 1. The van der Waals surface area contributed by atoms with Crippen molar-refractivity contribution in [1.29, 1.82) is 0 Å². The third-order valence-corrected chi connectivity index (χ3v) is 4.76. The summed E-state index contributed by atoms with van der Waals surface area (Å²) < 4.78 is 1.77. The van der Waals surface area contributed by atoms with Crippen LogP contribution in [0.15, 0.2) is 53.5 Å². The van der Waals surface area contributed by atoms with Gasteiger partial charge in [0.05, 0.1) is 11.4 Å². The molecule has 3 aromatic rings. The van der Waals surface area contributed by atoms with E-state index in [1.807, 2.05) is 12.1 Å². The molecule has 0 bridgehead atoms. The van der Waals surface area contributed by atoms with E-state index < -0.39 is 0 Å². The average Bonchev–Trinajstić information content (AvgIpc) is 3.47. The molecule has 1 saturated carbocycles. The van der Waals surface area contributed by atoms with Gasteiger partial charge >= 0.3 is 0 Å². The first-order chi connectivity index (χ1) is 12.5. The highest BCUT2D eigenvalue weighted by Gasteiger charge is 2.25. The number of nitrogens with zero attached hydrogens (tertiary/aromatic N) is 1. The molecule has 0 spiro atoms. The molecule has 1 aromatic heterocycles. The maximum Gasteiger partial charge on any atom is 0.258 e. The van der Waals surface area contributed by atoms with E-state index in [0.29, 0.717) is 40.3 Å². The Kier molecular flexibility index (Phi) is 3.88. The first kappa shape index (κ1) is 16.2. The van der Waals surface area contributed by atoms with E-state index in [1.165, 1.54) is 0 Å². The van der Waals surface area contributed by atoms with E-state index >= 15 is 0 Å². The zero-order chi connectivity index (χ0) is 18.3. The number of amides is 1. The van der Waals surface area contributed by atoms with Crippen molar-refractivity contribution in [2.24, 2.45) is 0 Å². The van der Waals surface area contributed by atoms with E-state index in [2.05, 4.69) is 5.32 Å². The molecule has 4 rings (SSSR count). The molecule has 6 heteroatoms. The number of benzene rings is 2. The van der Waals surface area contributed by atoms with Crippen LogP contribution < -0.4 is 22.3 Å². The van der Waals surface area contributed by atoms with Crippen molar-refractivity contribution >= 4 is 28.1 Å². The fourth-order valence-electron chi connectivity index (χ4n) is 3.14. The molecule has 1 aliphatic carbocycles. The number of rotatable bonds is 4. The van der Waals surface area contributed by atoms with Crippen LogP contribution in [0.25, 0.3) is 10.8 Å². The standard InChI is InChI=1S/C20H20N4O2/c21-17-7-4-12(10-18(17)22)11-23-19(25)15-2-1-3-16-14(15)8-9-24(20(16)26)13-5-6-13/h1-4,7-10,13H,5-6,11,21-22H2,(H,23,25). The van der Waals surface area contributed by atoms with E-state index in [9.17, 15) is 9.59 Å². The summed E-state index contributed by atoms with van der Waals surface area (Å²) in [5, 5.41) is 4.12. The predicted octanol–water partition coefficient (Wildman–Crippen LogP) is 2.43. The Morgan fingerprint density at radius 1 is 1.08 bits per heavy atom. The number of carbonyl (C=O) groups excluding carboxylic acids is 1. The number of hydrogen-bond donors (Lipinski definition) is 3. The summed E-state index contributed by atoms with van der Waals surface area (Å²) >= 11 is 0. The third kappa shape index (κ3) is 2.90. The van der Waals surface area contributed by atoms with Gasteiger partial charge in [-0.2, -0.15) is 0 Å². The van der Waals surface area contributed by atoms with Crippen molar-refractivity contribution in [3.8, 4) is 0 Å². The monoisotopic (exact) mass is 348 g/mol. The summed E-state index contributed by atoms with van der Waals surface area (Å²) in [5.74, 6) is -0.227. The number of nitrogen functional groups attached to an aromatic ring is 2. The van der Waals surface area contributed by atoms with Crippen molar-refractivity contribution in [2.75, 3.05) is 11.5 Å². The van der Waals surface area contributed by atoms with Gasteiger partial charge in [-0.15, -0.1) is 0 Å². The van der Waals surface area contributed by atoms with Crippen LogP contribution in [0.5, 0.6) is 0 Å². The molecular weight excluding hydrogens is 328 g/mol. The van der Waals surface area contributed by atoms with Crippen molar-refractivity contribution in [1.82, 2.24) is 9.88 Å². The minimum atomic E-state index is -0.227. The van der Waals surface area contributed by atoms with Gasteiger partial charge in [-0.25, -0.2) is 0 Å². The van der Waals surface area contributed by atoms with Crippen molar-refractivity contribution in [3.63, 3.8) is 0 Å². The minimum Gasteiger partial charge on any atom is -0.397 e. The van der Waals surface area contributed by atoms with E-state index in [-0.39, 0.29) is 11.5 Å². The number of carbonyl (C=O) groups is 1. The lowest BCUT2D eigenvalue weighted by molar-refractivity contribution is 0.0952. The molecule has 5 N–H and O–H groups in total. The van der Waals surface area contributed by atoms with Gasteiger partial charge in [0.25, 0.3) is 11.5 Å². The second-order valence-corrected chi connectivity index (χ2v) is 6.67. The van der Waals surface area contributed by atoms with Crippen molar-refractivity contribution < 1.29 is 4.79 Å². The molecule has 0 saturated heterocycles. The van der Waals surface area contributed by atoms with Crippen LogP contribution in [0.3, 0.4) is 0 Å². The highest BCUT2D eigenvalue weighted by atomic mass is 16.1. The van der Waals surface area contributed by atoms with Gasteiger partial charge in [0.1, 0.15) is 0 Å². The van der Waals surface area contributed by atoms with Crippen LogP contribution in [-0.4, -0.2) is 10.5 Å². The molecule has 0 unspecified atom stereocenters. The molecule has 1 amide bonds. The topological polar surface area (TPSA) is 103 Å². The van der Waals surface area contributed by atoms with Gasteiger partial charge in [0.15, 0.2) is 0 Å². The lowest BCUT2D eigenvalue weighted by atomic mass is 10.1. The van der Waals surface area contributed by atoms with Gasteiger partial charge in [0, 0.05) is 35.1 Å². The molecule has 1 heterocycles. The Balaban J connectivity index is 1.61. The number of hydrogen-bond acceptors (Lipinski definition) is 4. The number of pyridine rings is 1. The Hall–Kier alpha value is -3.28. The normalized spacial score (nSPS) is 13.7. The van der Waals surface area contributed by atoms with Crippen LogP contribution in [-0.2, 0) is 6.54 Å². The largest absolute Gasteiger partial charge is 0.397 e. The lowest BCUT2D eigenvalue weighted by Gasteiger charge is -2.11. The molecule has 0 radical (unpaired) electrons. The van der Waals surface area contributed by atoms with Gasteiger partial charge in [-0.3, -0.25) is 9.59 Å². The highest BCUT2D eigenvalue weighted by Crippen LogP contribution is 2.33. The number of nitrogens with two attached hydrogens (primary N) is 2. The third-order valence-electron chi connectivity index (χ3n) is 4.76. The summed E-state index contributed by atoms with van der Waals surface area (Å²) in [5.41, 5.74) is 13.8. The summed E-state index contributed by atoms with van der Waals surface area (Å²) in [6, 6.07) is 12.7. The average molecular weight is 348 g/mol.